The van der Waals surface area contributed by atoms with Crippen LogP contribution in [0.2, 0.25) is 0 Å². The summed E-state index contributed by atoms with van der Waals surface area (Å²) in [5.41, 5.74) is 0.580. The summed E-state index contributed by atoms with van der Waals surface area (Å²) in [6.07, 6.45) is 2.34. The van der Waals surface area contributed by atoms with Crippen molar-refractivity contribution in [1.29, 1.82) is 0 Å². The third-order valence-electron chi connectivity index (χ3n) is 3.19. The Balaban J connectivity index is 1.93. The van der Waals surface area contributed by atoms with Crippen LogP contribution in [0, 0.1) is 0 Å². The number of carbonyl (C=O) groups excluding carboxylic acids is 1. The van der Waals surface area contributed by atoms with Gasteiger partial charge in [0.05, 0.1) is 18.0 Å². The van der Waals surface area contributed by atoms with Crippen molar-refractivity contribution in [3.05, 3.63) is 24.3 Å². The van der Waals surface area contributed by atoms with Crippen LogP contribution in [0.15, 0.2) is 29.2 Å². The molecule has 7 heteroatoms. The Bertz CT molecular complexity index is 548. The van der Waals surface area contributed by atoms with E-state index in [-0.39, 0.29) is 10.8 Å². The van der Waals surface area contributed by atoms with Crippen LogP contribution < -0.4 is 15.4 Å². The molecule has 0 atom stereocenters. The van der Waals surface area contributed by atoms with Crippen LogP contribution in [0.25, 0.3) is 0 Å². The minimum Gasteiger partial charge on any atom is -0.327 e. The Morgan fingerprint density at radius 1 is 1.21 bits per heavy atom. The molecule has 4 N–H and O–H groups in total. The highest BCUT2D eigenvalue weighted by Crippen LogP contribution is 2.12. The molecule has 0 bridgehead atoms. The molecule has 0 aromatic heterocycles. The first-order valence-corrected chi connectivity index (χ1v) is 7.76. The largest absolute Gasteiger partial charge is 0.327 e. The Kier molecular flexibility index (Phi) is 4.18. The van der Waals surface area contributed by atoms with E-state index in [1.54, 1.807) is 0 Å². The smallest absolute Gasteiger partial charge is 0.279 e. The molecule has 104 valence electrons. The van der Waals surface area contributed by atoms with Gasteiger partial charge in [-0.15, -0.1) is 0 Å². The van der Waals surface area contributed by atoms with Gasteiger partial charge in [0, 0.05) is 18.5 Å². The molecular formula is C12H18N3O3S+. The first-order valence-electron chi connectivity index (χ1n) is 6.21. The van der Waals surface area contributed by atoms with E-state index in [9.17, 15) is 13.2 Å². The quantitative estimate of drug-likeness (QED) is 0.658. The van der Waals surface area contributed by atoms with Crippen molar-refractivity contribution < 1.29 is 18.1 Å². The van der Waals surface area contributed by atoms with E-state index in [1.165, 1.54) is 42.0 Å². The number of nitrogens with two attached hydrogens (primary N) is 1. The van der Waals surface area contributed by atoms with Gasteiger partial charge in [0.25, 0.3) is 5.91 Å². The topological polar surface area (TPSA) is 93.7 Å². The van der Waals surface area contributed by atoms with Gasteiger partial charge < -0.3 is 10.2 Å². The van der Waals surface area contributed by atoms with Crippen molar-refractivity contribution in [2.75, 3.05) is 25.0 Å². The first kappa shape index (κ1) is 14.0. The monoisotopic (exact) mass is 284 g/mol. The standard InChI is InChI=1S/C12H17N3O3S/c13-19(17,18)11-5-3-10(4-6-11)14-12(16)9-15-7-1-2-8-15/h3-6H,1-2,7-9H2,(H,14,16)(H2,13,17,18)/p+1. The molecule has 0 aliphatic carbocycles. The second-order valence-corrected chi connectivity index (χ2v) is 6.31. The summed E-state index contributed by atoms with van der Waals surface area (Å²) in [5, 5.41) is 7.75. The molecule has 6 nitrogen and oxygen atoms in total. The van der Waals surface area contributed by atoms with Crippen molar-refractivity contribution in [2.45, 2.75) is 17.7 Å². The highest BCUT2D eigenvalue weighted by molar-refractivity contribution is 7.89. The van der Waals surface area contributed by atoms with Crippen LogP contribution in [0.4, 0.5) is 5.69 Å². The lowest BCUT2D eigenvalue weighted by Crippen LogP contribution is -3.11. The van der Waals surface area contributed by atoms with Crippen LogP contribution in [0.5, 0.6) is 0 Å². The predicted octanol–water partition coefficient (Wildman–Crippen LogP) is -1.05. The molecule has 1 amide bonds. The molecule has 1 aromatic carbocycles. The Hall–Kier alpha value is -1.44. The van der Waals surface area contributed by atoms with Gasteiger partial charge in [-0.05, 0) is 24.3 Å². The number of benzene rings is 1. The lowest BCUT2D eigenvalue weighted by Gasteiger charge is -2.11. The fraction of sp³-hybridized carbons (Fsp3) is 0.417. The van der Waals surface area contributed by atoms with Gasteiger partial charge >= 0.3 is 0 Å². The van der Waals surface area contributed by atoms with Gasteiger partial charge in [-0.1, -0.05) is 0 Å². The molecule has 0 unspecified atom stereocenters. The Labute approximate surface area is 112 Å². The number of likely N-dealkylation sites (tertiary alicyclic amines) is 1. The minimum absolute atomic E-state index is 0.0377. The molecule has 0 radical (unpaired) electrons. The zero-order valence-corrected chi connectivity index (χ0v) is 11.4. The molecule has 19 heavy (non-hydrogen) atoms. The molecular weight excluding hydrogens is 266 g/mol. The summed E-state index contributed by atoms with van der Waals surface area (Å²) < 4.78 is 22.2. The summed E-state index contributed by atoms with van der Waals surface area (Å²) in [7, 11) is -3.68. The first-order chi connectivity index (χ1) is 8.95. The van der Waals surface area contributed by atoms with E-state index in [4.69, 9.17) is 5.14 Å². The molecule has 0 spiro atoms. The van der Waals surface area contributed by atoms with Crippen molar-refractivity contribution >= 4 is 21.6 Å². The second-order valence-electron chi connectivity index (χ2n) is 4.75. The van der Waals surface area contributed by atoms with E-state index >= 15 is 0 Å². The number of hydrogen-bond acceptors (Lipinski definition) is 3. The average molecular weight is 284 g/mol. The summed E-state index contributed by atoms with van der Waals surface area (Å²) in [4.78, 5) is 13.1. The van der Waals surface area contributed by atoms with Gasteiger partial charge in [-0.25, -0.2) is 13.6 Å². The number of sulfonamides is 1. The molecule has 1 saturated heterocycles. The maximum absolute atomic E-state index is 11.8. The zero-order valence-electron chi connectivity index (χ0n) is 10.6. The predicted molar refractivity (Wildman–Crippen MR) is 71.2 cm³/mol. The fourth-order valence-electron chi connectivity index (χ4n) is 2.21. The van der Waals surface area contributed by atoms with Crippen molar-refractivity contribution in [2.24, 2.45) is 5.14 Å². The van der Waals surface area contributed by atoms with Gasteiger partial charge in [0.15, 0.2) is 6.54 Å². The van der Waals surface area contributed by atoms with Gasteiger partial charge in [0.2, 0.25) is 10.0 Å². The number of rotatable bonds is 4. The molecule has 0 saturated carbocycles. The van der Waals surface area contributed by atoms with Crippen LogP contribution in [-0.4, -0.2) is 34.0 Å². The summed E-state index contributed by atoms with van der Waals surface area (Å²) in [5.74, 6) is -0.0553. The molecule has 1 heterocycles. The second kappa shape index (κ2) is 5.68. The van der Waals surface area contributed by atoms with E-state index in [2.05, 4.69) is 5.32 Å². The SMILES string of the molecule is NS(=O)(=O)c1ccc(NC(=O)C[NH+]2CCCC2)cc1. The summed E-state index contributed by atoms with van der Waals surface area (Å²) >= 11 is 0. The lowest BCUT2D eigenvalue weighted by molar-refractivity contribution is -0.878. The molecule has 1 fully saturated rings. The number of carbonyl (C=O) groups is 1. The third kappa shape index (κ3) is 4.02. The Morgan fingerprint density at radius 2 is 1.79 bits per heavy atom. The van der Waals surface area contributed by atoms with Crippen LogP contribution in [0.1, 0.15) is 12.8 Å². The molecule has 1 aliphatic heterocycles. The summed E-state index contributed by atoms with van der Waals surface area (Å²) in [6.45, 7) is 2.53. The maximum Gasteiger partial charge on any atom is 0.279 e. The van der Waals surface area contributed by atoms with Crippen LogP contribution in [0.3, 0.4) is 0 Å². The van der Waals surface area contributed by atoms with Crippen molar-refractivity contribution in [3.63, 3.8) is 0 Å². The number of amides is 1. The zero-order chi connectivity index (χ0) is 13.9. The van der Waals surface area contributed by atoms with E-state index in [0.717, 1.165) is 13.1 Å². The van der Waals surface area contributed by atoms with Crippen LogP contribution in [-0.2, 0) is 14.8 Å². The van der Waals surface area contributed by atoms with Gasteiger partial charge in [-0.3, -0.25) is 4.79 Å². The Morgan fingerprint density at radius 3 is 2.32 bits per heavy atom. The van der Waals surface area contributed by atoms with E-state index in [0.29, 0.717) is 12.2 Å². The van der Waals surface area contributed by atoms with E-state index in [1.807, 2.05) is 0 Å². The molecule has 2 rings (SSSR count). The van der Waals surface area contributed by atoms with Crippen LogP contribution >= 0.6 is 0 Å². The number of hydrogen-bond donors (Lipinski definition) is 3. The average Bonchev–Trinajstić information content (AvgIpc) is 2.81. The third-order valence-corrected chi connectivity index (χ3v) is 4.12. The van der Waals surface area contributed by atoms with Crippen molar-refractivity contribution in [1.82, 2.24) is 0 Å². The fourth-order valence-corrected chi connectivity index (χ4v) is 2.73. The van der Waals surface area contributed by atoms with Gasteiger partial charge in [-0.2, -0.15) is 0 Å². The highest BCUT2D eigenvalue weighted by atomic mass is 32.2. The normalized spacial score (nSPS) is 16.5. The lowest BCUT2D eigenvalue weighted by atomic mass is 10.3. The van der Waals surface area contributed by atoms with E-state index < -0.39 is 10.0 Å². The van der Waals surface area contributed by atoms with Crippen molar-refractivity contribution in [3.8, 4) is 0 Å². The minimum atomic E-state index is -3.68. The number of primary sulfonamides is 1. The maximum atomic E-state index is 11.8. The summed E-state index contributed by atoms with van der Waals surface area (Å²) in [6, 6.07) is 5.84. The number of quaternary nitrogens is 1. The highest BCUT2D eigenvalue weighted by Gasteiger charge is 2.18. The molecule has 1 aromatic rings. The number of nitrogens with one attached hydrogen (secondary N) is 2. The number of anilines is 1. The molecule has 1 aliphatic rings. The van der Waals surface area contributed by atoms with Gasteiger partial charge in [0.1, 0.15) is 0 Å².